The van der Waals surface area contributed by atoms with E-state index < -0.39 is 9.84 Å². The molecule has 1 aliphatic heterocycles. The van der Waals surface area contributed by atoms with E-state index in [9.17, 15) is 13.2 Å². The van der Waals surface area contributed by atoms with Gasteiger partial charge in [0.1, 0.15) is 0 Å². The van der Waals surface area contributed by atoms with Crippen molar-refractivity contribution in [3.05, 3.63) is 29.8 Å². The minimum Gasteiger partial charge on any atom is -0.350 e. The summed E-state index contributed by atoms with van der Waals surface area (Å²) in [6, 6.07) is 8.13. The molecule has 1 saturated heterocycles. The summed E-state index contributed by atoms with van der Waals surface area (Å²) in [5.41, 5.74) is 1.06. The van der Waals surface area contributed by atoms with Crippen molar-refractivity contribution >= 4 is 27.5 Å². The van der Waals surface area contributed by atoms with E-state index in [1.807, 2.05) is 19.1 Å². The number of hydrogen-bond donors (Lipinski definition) is 1. The van der Waals surface area contributed by atoms with Gasteiger partial charge in [0.05, 0.1) is 17.5 Å². The van der Waals surface area contributed by atoms with Crippen molar-refractivity contribution < 1.29 is 13.2 Å². The minimum atomic E-state index is -2.91. The van der Waals surface area contributed by atoms with Crippen LogP contribution in [0.25, 0.3) is 0 Å². The first kappa shape index (κ1) is 17.3. The van der Waals surface area contributed by atoms with E-state index in [1.165, 1.54) is 4.90 Å². The van der Waals surface area contributed by atoms with E-state index >= 15 is 0 Å². The topological polar surface area (TPSA) is 63.2 Å². The summed E-state index contributed by atoms with van der Waals surface area (Å²) in [7, 11) is -2.91. The highest BCUT2D eigenvalue weighted by Crippen LogP contribution is 2.23. The lowest BCUT2D eigenvalue weighted by molar-refractivity contribution is -0.122. The van der Waals surface area contributed by atoms with Crippen LogP contribution in [0.4, 0.5) is 0 Å². The number of rotatable bonds is 6. The van der Waals surface area contributed by atoms with Crippen LogP contribution in [-0.2, 0) is 14.6 Å². The Labute approximate surface area is 137 Å². The summed E-state index contributed by atoms with van der Waals surface area (Å²) >= 11 is 1.79. The summed E-state index contributed by atoms with van der Waals surface area (Å²) in [5.74, 6) is 1.31. The molecule has 2 rings (SSSR count). The molecule has 0 aliphatic carbocycles. The number of carbonyl (C=O) groups is 1. The third kappa shape index (κ3) is 5.02. The van der Waals surface area contributed by atoms with Gasteiger partial charge in [-0.1, -0.05) is 19.1 Å². The molecule has 1 N–H and O–H groups in total. The standard InChI is InChI=1S/C16H23NO3S2/c1-3-21-15-6-4-14(5-7-15)12(2)17-16(18)10-13-8-9-22(19,20)11-13/h4-7,12-13H,3,8-11H2,1-2H3,(H,17,18)/t12-,13+/m1/s1. The van der Waals surface area contributed by atoms with Crippen LogP contribution in [0.5, 0.6) is 0 Å². The van der Waals surface area contributed by atoms with Crippen LogP contribution >= 0.6 is 11.8 Å². The third-order valence-electron chi connectivity index (χ3n) is 3.87. The highest BCUT2D eigenvalue weighted by atomic mass is 32.2. The molecule has 1 amide bonds. The molecule has 1 aromatic carbocycles. The molecule has 1 aliphatic rings. The van der Waals surface area contributed by atoms with Gasteiger partial charge in [0.25, 0.3) is 0 Å². The molecular formula is C16H23NO3S2. The number of hydrogen-bond acceptors (Lipinski definition) is 4. The van der Waals surface area contributed by atoms with Crippen molar-refractivity contribution in [2.45, 2.75) is 37.6 Å². The largest absolute Gasteiger partial charge is 0.350 e. The van der Waals surface area contributed by atoms with Gasteiger partial charge in [-0.15, -0.1) is 11.8 Å². The second kappa shape index (κ2) is 7.51. The molecule has 1 heterocycles. The molecule has 1 fully saturated rings. The van der Waals surface area contributed by atoms with Crippen LogP contribution in [0, 0.1) is 5.92 Å². The molecule has 22 heavy (non-hydrogen) atoms. The Morgan fingerprint density at radius 2 is 2.05 bits per heavy atom. The molecule has 6 heteroatoms. The third-order valence-corrected chi connectivity index (χ3v) is 6.60. The van der Waals surface area contributed by atoms with E-state index in [-0.39, 0.29) is 29.4 Å². The zero-order valence-electron chi connectivity index (χ0n) is 13.0. The highest BCUT2D eigenvalue weighted by Gasteiger charge is 2.29. The monoisotopic (exact) mass is 341 g/mol. The van der Waals surface area contributed by atoms with Crippen LogP contribution in [0.3, 0.4) is 0 Å². The first-order valence-electron chi connectivity index (χ1n) is 7.62. The average Bonchev–Trinajstić information content (AvgIpc) is 2.78. The zero-order valence-corrected chi connectivity index (χ0v) is 14.7. The molecule has 2 atom stereocenters. The van der Waals surface area contributed by atoms with Gasteiger partial charge in [-0.2, -0.15) is 0 Å². The highest BCUT2D eigenvalue weighted by molar-refractivity contribution is 7.99. The number of amides is 1. The fraction of sp³-hybridized carbons (Fsp3) is 0.562. The van der Waals surface area contributed by atoms with Gasteiger partial charge in [-0.05, 0) is 42.7 Å². The van der Waals surface area contributed by atoms with Crippen molar-refractivity contribution in [2.24, 2.45) is 5.92 Å². The zero-order chi connectivity index (χ0) is 16.2. The van der Waals surface area contributed by atoms with Gasteiger partial charge in [0, 0.05) is 11.3 Å². The molecule has 4 nitrogen and oxygen atoms in total. The fourth-order valence-electron chi connectivity index (χ4n) is 2.70. The lowest BCUT2D eigenvalue weighted by atomic mass is 10.0. The number of carbonyl (C=O) groups excluding carboxylic acids is 1. The summed E-state index contributed by atoms with van der Waals surface area (Å²) in [5, 5.41) is 2.96. The predicted octanol–water partition coefficient (Wildman–Crippen LogP) is 2.80. The Bertz CT molecular complexity index is 611. The Hall–Kier alpha value is -1.01. The van der Waals surface area contributed by atoms with E-state index in [1.54, 1.807) is 11.8 Å². The lowest BCUT2D eigenvalue weighted by Crippen LogP contribution is -2.28. The molecular weight excluding hydrogens is 318 g/mol. The lowest BCUT2D eigenvalue weighted by Gasteiger charge is -2.16. The SMILES string of the molecule is CCSc1ccc([C@@H](C)NC(=O)C[C@@H]2CCS(=O)(=O)C2)cc1. The quantitative estimate of drug-likeness (QED) is 0.808. The van der Waals surface area contributed by atoms with Crippen LogP contribution in [0.15, 0.2) is 29.2 Å². The molecule has 0 spiro atoms. The normalized spacial score (nSPS) is 21.5. The molecule has 0 saturated carbocycles. The first-order chi connectivity index (χ1) is 10.4. The van der Waals surface area contributed by atoms with Gasteiger partial charge in [0.2, 0.25) is 5.91 Å². The summed E-state index contributed by atoms with van der Waals surface area (Å²) in [4.78, 5) is 13.3. The molecule has 122 valence electrons. The fourth-order valence-corrected chi connectivity index (χ4v) is 5.22. The Morgan fingerprint density at radius 1 is 1.36 bits per heavy atom. The van der Waals surface area contributed by atoms with Crippen molar-refractivity contribution in [1.29, 1.82) is 0 Å². The van der Waals surface area contributed by atoms with Gasteiger partial charge >= 0.3 is 0 Å². The van der Waals surface area contributed by atoms with Crippen LogP contribution < -0.4 is 5.32 Å². The Morgan fingerprint density at radius 3 is 2.59 bits per heavy atom. The second-order valence-corrected chi connectivity index (χ2v) is 9.33. The van der Waals surface area contributed by atoms with Crippen molar-refractivity contribution in [3.63, 3.8) is 0 Å². The van der Waals surface area contributed by atoms with E-state index in [4.69, 9.17) is 0 Å². The van der Waals surface area contributed by atoms with Crippen LogP contribution in [0.1, 0.15) is 38.3 Å². The first-order valence-corrected chi connectivity index (χ1v) is 10.4. The Balaban J connectivity index is 1.85. The molecule has 0 aromatic heterocycles. The van der Waals surface area contributed by atoms with Gasteiger partial charge < -0.3 is 5.32 Å². The Kier molecular flexibility index (Phi) is 5.92. The van der Waals surface area contributed by atoms with Gasteiger partial charge in [-0.25, -0.2) is 8.42 Å². The smallest absolute Gasteiger partial charge is 0.220 e. The maximum Gasteiger partial charge on any atom is 0.220 e. The number of sulfone groups is 1. The molecule has 0 bridgehead atoms. The summed E-state index contributed by atoms with van der Waals surface area (Å²) in [6.07, 6.45) is 0.903. The van der Waals surface area contributed by atoms with E-state index in [0.717, 1.165) is 11.3 Å². The summed E-state index contributed by atoms with van der Waals surface area (Å²) in [6.45, 7) is 4.07. The van der Waals surface area contributed by atoms with Gasteiger partial charge in [-0.3, -0.25) is 4.79 Å². The number of benzene rings is 1. The second-order valence-electron chi connectivity index (χ2n) is 5.76. The molecule has 0 radical (unpaired) electrons. The average molecular weight is 341 g/mol. The molecule has 0 unspecified atom stereocenters. The summed E-state index contributed by atoms with van der Waals surface area (Å²) < 4.78 is 22.8. The van der Waals surface area contributed by atoms with Crippen molar-refractivity contribution in [3.8, 4) is 0 Å². The minimum absolute atomic E-state index is 0.0273. The maximum absolute atomic E-state index is 12.1. The number of thioether (sulfide) groups is 1. The van der Waals surface area contributed by atoms with E-state index in [0.29, 0.717) is 12.8 Å². The molecule has 1 aromatic rings. The van der Waals surface area contributed by atoms with Crippen molar-refractivity contribution in [2.75, 3.05) is 17.3 Å². The van der Waals surface area contributed by atoms with E-state index in [2.05, 4.69) is 24.4 Å². The maximum atomic E-state index is 12.1. The van der Waals surface area contributed by atoms with Crippen LogP contribution in [0.2, 0.25) is 0 Å². The van der Waals surface area contributed by atoms with Gasteiger partial charge in [0.15, 0.2) is 9.84 Å². The predicted molar refractivity (Wildman–Crippen MR) is 90.8 cm³/mol. The van der Waals surface area contributed by atoms with Crippen LogP contribution in [-0.4, -0.2) is 31.6 Å². The van der Waals surface area contributed by atoms with Crippen molar-refractivity contribution in [1.82, 2.24) is 5.32 Å². The number of nitrogens with one attached hydrogen (secondary N) is 1.